The molecule has 0 spiro atoms. The van der Waals surface area contributed by atoms with Crippen molar-refractivity contribution in [2.75, 3.05) is 13.7 Å². The van der Waals surface area contributed by atoms with Crippen molar-refractivity contribution in [3.05, 3.63) is 28.4 Å². The maximum atomic E-state index is 5.03. The van der Waals surface area contributed by atoms with Crippen LogP contribution in [-0.4, -0.2) is 23.9 Å². The minimum atomic E-state index is 0.780. The van der Waals surface area contributed by atoms with Crippen LogP contribution in [0.1, 0.15) is 12.1 Å². The molecule has 4 heteroatoms. The van der Waals surface area contributed by atoms with Gasteiger partial charge in [-0.2, -0.15) is 5.10 Å². The Balaban J connectivity index is 2.23. The zero-order chi connectivity index (χ0) is 10.7. The van der Waals surface area contributed by atoms with Crippen molar-refractivity contribution >= 4 is 26.8 Å². The highest BCUT2D eigenvalue weighted by Crippen LogP contribution is 2.21. The highest BCUT2D eigenvalue weighted by molar-refractivity contribution is 9.10. The van der Waals surface area contributed by atoms with E-state index in [9.17, 15) is 0 Å². The normalized spacial score (nSPS) is 11.1. The van der Waals surface area contributed by atoms with Crippen molar-refractivity contribution in [3.8, 4) is 0 Å². The maximum absolute atomic E-state index is 5.03. The van der Waals surface area contributed by atoms with E-state index in [2.05, 4.69) is 32.2 Å². The van der Waals surface area contributed by atoms with Gasteiger partial charge in [0.2, 0.25) is 0 Å². The zero-order valence-electron chi connectivity index (χ0n) is 8.59. The number of H-pyrrole nitrogens is 1. The van der Waals surface area contributed by atoms with Crippen molar-refractivity contribution < 1.29 is 4.74 Å². The summed E-state index contributed by atoms with van der Waals surface area (Å²) < 4.78 is 6.12. The number of fused-ring (bicyclic) bond motifs is 1. The Morgan fingerprint density at radius 3 is 3.13 bits per heavy atom. The van der Waals surface area contributed by atoms with Gasteiger partial charge in [0.05, 0.1) is 11.2 Å². The largest absolute Gasteiger partial charge is 0.385 e. The van der Waals surface area contributed by atoms with Crippen LogP contribution in [0.4, 0.5) is 0 Å². The van der Waals surface area contributed by atoms with E-state index in [4.69, 9.17) is 4.74 Å². The fraction of sp³-hybridized carbons (Fsp3) is 0.364. The number of rotatable bonds is 4. The van der Waals surface area contributed by atoms with Crippen LogP contribution in [0.15, 0.2) is 22.7 Å². The Morgan fingerprint density at radius 2 is 2.33 bits per heavy atom. The number of aryl methyl sites for hydroxylation is 1. The van der Waals surface area contributed by atoms with Crippen LogP contribution in [0, 0.1) is 0 Å². The van der Waals surface area contributed by atoms with Crippen LogP contribution in [0.25, 0.3) is 10.9 Å². The summed E-state index contributed by atoms with van der Waals surface area (Å²) in [5.74, 6) is 0. The molecule has 80 valence electrons. The number of halogens is 1. The molecule has 3 nitrogen and oxygen atoms in total. The monoisotopic (exact) mass is 268 g/mol. The number of nitrogens with one attached hydrogen (secondary N) is 1. The third kappa shape index (κ3) is 2.38. The highest BCUT2D eigenvalue weighted by Gasteiger charge is 2.05. The number of hydrogen-bond donors (Lipinski definition) is 1. The number of ether oxygens (including phenoxy) is 1. The molecule has 1 heterocycles. The van der Waals surface area contributed by atoms with Crippen LogP contribution in [0.3, 0.4) is 0 Å². The smallest absolute Gasteiger partial charge is 0.0702 e. The van der Waals surface area contributed by atoms with E-state index in [-0.39, 0.29) is 0 Å². The lowest BCUT2D eigenvalue weighted by Gasteiger charge is -1.97. The number of hydrogen-bond acceptors (Lipinski definition) is 2. The summed E-state index contributed by atoms with van der Waals surface area (Å²) in [6.07, 6.45) is 1.95. The molecule has 0 aliphatic heterocycles. The summed E-state index contributed by atoms with van der Waals surface area (Å²) in [7, 11) is 1.72. The van der Waals surface area contributed by atoms with Gasteiger partial charge in [-0.1, -0.05) is 15.9 Å². The fourth-order valence-electron chi connectivity index (χ4n) is 1.62. The van der Waals surface area contributed by atoms with Gasteiger partial charge in [-0.3, -0.25) is 5.10 Å². The molecule has 0 atom stereocenters. The molecule has 1 N–H and O–H groups in total. The molecule has 0 saturated carbocycles. The van der Waals surface area contributed by atoms with Crippen LogP contribution < -0.4 is 0 Å². The van der Waals surface area contributed by atoms with Crippen molar-refractivity contribution in [2.24, 2.45) is 0 Å². The van der Waals surface area contributed by atoms with E-state index in [1.807, 2.05) is 12.1 Å². The number of methoxy groups -OCH3 is 1. The first-order chi connectivity index (χ1) is 7.31. The summed E-state index contributed by atoms with van der Waals surface area (Å²) in [6.45, 7) is 0.780. The number of aromatic amines is 1. The third-order valence-electron chi connectivity index (χ3n) is 2.37. The SMILES string of the molecule is COCCCc1n[nH]c2ccc(Br)cc12. The van der Waals surface area contributed by atoms with Gasteiger partial charge in [0, 0.05) is 23.6 Å². The standard InChI is InChI=1S/C11H13BrN2O/c1-15-6-2-3-10-9-7-8(12)4-5-11(9)14-13-10/h4-5,7H,2-3,6H2,1H3,(H,13,14). The Bertz CT molecular complexity index is 453. The molecule has 0 aliphatic rings. The van der Waals surface area contributed by atoms with Gasteiger partial charge in [-0.05, 0) is 31.0 Å². The van der Waals surface area contributed by atoms with E-state index in [1.54, 1.807) is 7.11 Å². The molecule has 0 bridgehead atoms. The molecule has 0 fully saturated rings. The van der Waals surface area contributed by atoms with E-state index >= 15 is 0 Å². The second kappa shape index (κ2) is 4.77. The Labute approximate surface area is 97.0 Å². The van der Waals surface area contributed by atoms with Gasteiger partial charge in [0.1, 0.15) is 0 Å². The van der Waals surface area contributed by atoms with Crippen molar-refractivity contribution in [2.45, 2.75) is 12.8 Å². The molecule has 0 aliphatic carbocycles. The second-order valence-corrected chi connectivity index (χ2v) is 4.37. The lowest BCUT2D eigenvalue weighted by molar-refractivity contribution is 0.195. The summed E-state index contributed by atoms with van der Waals surface area (Å²) in [5.41, 5.74) is 2.20. The Morgan fingerprint density at radius 1 is 1.47 bits per heavy atom. The average molecular weight is 269 g/mol. The van der Waals surface area contributed by atoms with Crippen molar-refractivity contribution in [1.82, 2.24) is 10.2 Å². The predicted octanol–water partition coefficient (Wildman–Crippen LogP) is 2.90. The lowest BCUT2D eigenvalue weighted by atomic mass is 10.1. The van der Waals surface area contributed by atoms with Gasteiger partial charge in [-0.15, -0.1) is 0 Å². The molecular weight excluding hydrogens is 256 g/mol. The lowest BCUT2D eigenvalue weighted by Crippen LogP contribution is -1.93. The molecule has 15 heavy (non-hydrogen) atoms. The first-order valence-electron chi connectivity index (χ1n) is 4.92. The molecule has 1 aromatic heterocycles. The van der Waals surface area contributed by atoms with E-state index in [0.29, 0.717) is 0 Å². The van der Waals surface area contributed by atoms with Gasteiger partial charge in [0.15, 0.2) is 0 Å². The summed E-state index contributed by atoms with van der Waals surface area (Å²) in [5, 5.41) is 8.53. The Kier molecular flexibility index (Phi) is 3.38. The average Bonchev–Trinajstić information content (AvgIpc) is 2.62. The molecule has 1 aromatic carbocycles. The van der Waals surface area contributed by atoms with Gasteiger partial charge >= 0.3 is 0 Å². The van der Waals surface area contributed by atoms with E-state index < -0.39 is 0 Å². The first kappa shape index (κ1) is 10.6. The van der Waals surface area contributed by atoms with Gasteiger partial charge in [-0.25, -0.2) is 0 Å². The molecule has 0 saturated heterocycles. The minimum absolute atomic E-state index is 0.780. The topological polar surface area (TPSA) is 37.9 Å². The molecule has 0 amide bonds. The summed E-state index contributed by atoms with van der Waals surface area (Å²) in [4.78, 5) is 0. The minimum Gasteiger partial charge on any atom is -0.385 e. The number of aromatic nitrogens is 2. The van der Waals surface area contributed by atoms with E-state index in [1.165, 1.54) is 5.39 Å². The van der Waals surface area contributed by atoms with Crippen LogP contribution in [0.5, 0.6) is 0 Å². The van der Waals surface area contributed by atoms with Gasteiger partial charge < -0.3 is 4.74 Å². The molecular formula is C11H13BrN2O. The first-order valence-corrected chi connectivity index (χ1v) is 5.72. The van der Waals surface area contributed by atoms with Crippen molar-refractivity contribution in [1.29, 1.82) is 0 Å². The molecule has 0 unspecified atom stereocenters. The quantitative estimate of drug-likeness (QED) is 0.866. The van der Waals surface area contributed by atoms with E-state index in [0.717, 1.165) is 35.1 Å². The third-order valence-corrected chi connectivity index (χ3v) is 2.86. The summed E-state index contributed by atoms with van der Waals surface area (Å²) >= 11 is 3.47. The van der Waals surface area contributed by atoms with Crippen LogP contribution >= 0.6 is 15.9 Å². The molecule has 0 radical (unpaired) electrons. The maximum Gasteiger partial charge on any atom is 0.0702 e. The molecule has 2 aromatic rings. The second-order valence-electron chi connectivity index (χ2n) is 3.46. The van der Waals surface area contributed by atoms with Gasteiger partial charge in [0.25, 0.3) is 0 Å². The van der Waals surface area contributed by atoms with Crippen molar-refractivity contribution in [3.63, 3.8) is 0 Å². The molecule has 2 rings (SSSR count). The van der Waals surface area contributed by atoms with Crippen LogP contribution in [0.2, 0.25) is 0 Å². The number of benzene rings is 1. The summed E-state index contributed by atoms with van der Waals surface area (Å²) in [6, 6.07) is 6.15. The Hall–Kier alpha value is -0.870. The zero-order valence-corrected chi connectivity index (χ0v) is 10.2. The predicted molar refractivity (Wildman–Crippen MR) is 64.0 cm³/mol. The van der Waals surface area contributed by atoms with Crippen LogP contribution in [-0.2, 0) is 11.2 Å². The number of nitrogens with zero attached hydrogens (tertiary/aromatic N) is 1. The fourth-order valence-corrected chi connectivity index (χ4v) is 1.98. The highest BCUT2D eigenvalue weighted by atomic mass is 79.9.